The fourth-order valence-electron chi connectivity index (χ4n) is 2.92. The van der Waals surface area contributed by atoms with Gasteiger partial charge in [-0.3, -0.25) is 0 Å². The number of aryl methyl sites for hydroxylation is 2. The summed E-state index contributed by atoms with van der Waals surface area (Å²) in [6, 6.07) is 9.49. The number of para-hydroxylation sites is 1. The Bertz CT molecular complexity index is 759. The zero-order valence-corrected chi connectivity index (χ0v) is 15.3. The van der Waals surface area contributed by atoms with Gasteiger partial charge < -0.3 is 20.3 Å². The molecule has 0 radical (unpaired) electrons. The van der Waals surface area contributed by atoms with Crippen molar-refractivity contribution in [2.45, 2.75) is 26.8 Å². The van der Waals surface area contributed by atoms with E-state index in [1.165, 1.54) is 0 Å². The smallest absolute Gasteiger partial charge is 0.319 e. The van der Waals surface area contributed by atoms with E-state index in [1.54, 1.807) is 0 Å². The molecule has 1 aromatic carbocycles. The highest BCUT2D eigenvalue weighted by Crippen LogP contribution is 2.16. The number of nitrogens with one attached hydrogen (secondary N) is 2. The normalized spacial score (nSPS) is 14.2. The van der Waals surface area contributed by atoms with Crippen molar-refractivity contribution in [3.05, 3.63) is 47.4 Å². The van der Waals surface area contributed by atoms with Gasteiger partial charge in [0.1, 0.15) is 11.6 Å². The molecular weight excluding hydrogens is 330 g/mol. The highest BCUT2D eigenvalue weighted by Gasteiger charge is 2.14. The quantitative estimate of drug-likeness (QED) is 0.861. The van der Waals surface area contributed by atoms with E-state index in [0.717, 1.165) is 42.3 Å². The fourth-order valence-corrected chi connectivity index (χ4v) is 2.92. The van der Waals surface area contributed by atoms with Crippen LogP contribution in [0.4, 0.5) is 16.3 Å². The molecule has 7 nitrogen and oxygen atoms in total. The molecule has 0 saturated carbocycles. The Morgan fingerprint density at radius 2 is 2.00 bits per heavy atom. The summed E-state index contributed by atoms with van der Waals surface area (Å²) in [7, 11) is 0. The molecule has 1 aliphatic rings. The number of benzene rings is 1. The minimum Gasteiger partial charge on any atom is -0.378 e. The van der Waals surface area contributed by atoms with E-state index >= 15 is 0 Å². The monoisotopic (exact) mass is 355 g/mol. The van der Waals surface area contributed by atoms with Crippen molar-refractivity contribution in [1.29, 1.82) is 0 Å². The van der Waals surface area contributed by atoms with Gasteiger partial charge in [-0.25, -0.2) is 14.8 Å². The third kappa shape index (κ3) is 4.70. The van der Waals surface area contributed by atoms with Crippen molar-refractivity contribution in [3.8, 4) is 0 Å². The number of anilines is 2. The first-order chi connectivity index (χ1) is 12.7. The van der Waals surface area contributed by atoms with Gasteiger partial charge in [0.15, 0.2) is 0 Å². The summed E-state index contributed by atoms with van der Waals surface area (Å²) in [4.78, 5) is 23.4. The van der Waals surface area contributed by atoms with E-state index in [9.17, 15) is 4.79 Å². The second kappa shape index (κ2) is 8.62. The van der Waals surface area contributed by atoms with Gasteiger partial charge in [-0.2, -0.15) is 0 Å². The average molecular weight is 355 g/mol. The summed E-state index contributed by atoms with van der Waals surface area (Å²) in [5, 5.41) is 5.73. The number of hydrogen-bond acceptors (Lipinski definition) is 5. The summed E-state index contributed by atoms with van der Waals surface area (Å²) in [6.45, 7) is 7.32. The van der Waals surface area contributed by atoms with Crippen molar-refractivity contribution < 1.29 is 9.53 Å². The number of hydrogen-bond donors (Lipinski definition) is 2. The maximum absolute atomic E-state index is 12.2. The number of rotatable bonds is 5. The second-order valence-corrected chi connectivity index (χ2v) is 6.20. The van der Waals surface area contributed by atoms with Gasteiger partial charge >= 0.3 is 6.03 Å². The first kappa shape index (κ1) is 18.1. The summed E-state index contributed by atoms with van der Waals surface area (Å²) in [5.41, 5.74) is 2.81. The number of urea groups is 1. The minimum atomic E-state index is -0.260. The standard InChI is InChI=1S/C19H25N5O2/c1-3-15-6-4-5-7-16(15)22-19(25)20-13-17-21-14(2)12-18(23-17)24-8-10-26-11-9-24/h4-7,12H,3,8-11,13H2,1-2H3,(H2,20,22,25). The molecule has 1 aromatic heterocycles. The topological polar surface area (TPSA) is 79.4 Å². The Morgan fingerprint density at radius 1 is 1.23 bits per heavy atom. The van der Waals surface area contributed by atoms with E-state index in [2.05, 4.69) is 32.4 Å². The summed E-state index contributed by atoms with van der Waals surface area (Å²) in [6.07, 6.45) is 0.861. The van der Waals surface area contributed by atoms with Crippen LogP contribution < -0.4 is 15.5 Å². The molecule has 3 rings (SSSR count). The molecule has 2 aromatic rings. The van der Waals surface area contributed by atoms with Crippen molar-refractivity contribution in [2.75, 3.05) is 36.5 Å². The molecule has 0 bridgehead atoms. The molecule has 1 fully saturated rings. The number of morpholine rings is 1. The van der Waals surface area contributed by atoms with Crippen LogP contribution in [0.25, 0.3) is 0 Å². The molecule has 0 unspecified atom stereocenters. The van der Waals surface area contributed by atoms with Crippen molar-refractivity contribution >= 4 is 17.5 Å². The SMILES string of the molecule is CCc1ccccc1NC(=O)NCc1nc(C)cc(N2CCOCC2)n1. The predicted octanol–water partition coefficient (Wildman–Crippen LogP) is 2.51. The highest BCUT2D eigenvalue weighted by molar-refractivity contribution is 5.90. The molecule has 1 saturated heterocycles. The van der Waals surface area contributed by atoms with Crippen LogP contribution >= 0.6 is 0 Å². The zero-order chi connectivity index (χ0) is 18.4. The highest BCUT2D eigenvalue weighted by atomic mass is 16.5. The lowest BCUT2D eigenvalue weighted by Crippen LogP contribution is -2.37. The third-order valence-electron chi connectivity index (χ3n) is 4.28. The number of carbonyl (C=O) groups is 1. The molecule has 2 amide bonds. The number of nitrogens with zero attached hydrogens (tertiary/aromatic N) is 3. The van der Waals surface area contributed by atoms with Gasteiger partial charge in [-0.15, -0.1) is 0 Å². The summed E-state index contributed by atoms with van der Waals surface area (Å²) >= 11 is 0. The zero-order valence-electron chi connectivity index (χ0n) is 15.3. The van der Waals surface area contributed by atoms with Crippen molar-refractivity contribution in [3.63, 3.8) is 0 Å². The van der Waals surface area contributed by atoms with Crippen LogP contribution in [0.1, 0.15) is 24.0 Å². The van der Waals surface area contributed by atoms with Gasteiger partial charge in [0, 0.05) is 30.5 Å². The lowest BCUT2D eigenvalue weighted by Gasteiger charge is -2.28. The first-order valence-corrected chi connectivity index (χ1v) is 8.95. The molecule has 2 N–H and O–H groups in total. The number of ether oxygens (including phenoxy) is 1. The Kier molecular flexibility index (Phi) is 6.01. The second-order valence-electron chi connectivity index (χ2n) is 6.20. The van der Waals surface area contributed by atoms with Crippen LogP contribution in [0, 0.1) is 6.92 Å². The lowest BCUT2D eigenvalue weighted by molar-refractivity contribution is 0.122. The van der Waals surface area contributed by atoms with Gasteiger partial charge in [0.25, 0.3) is 0 Å². The van der Waals surface area contributed by atoms with Crippen LogP contribution in [0.2, 0.25) is 0 Å². The molecule has 26 heavy (non-hydrogen) atoms. The van der Waals surface area contributed by atoms with E-state index in [0.29, 0.717) is 19.0 Å². The molecular formula is C19H25N5O2. The Hall–Kier alpha value is -2.67. The van der Waals surface area contributed by atoms with Gasteiger partial charge in [-0.05, 0) is 25.0 Å². The maximum Gasteiger partial charge on any atom is 0.319 e. The Balaban J connectivity index is 1.62. The van der Waals surface area contributed by atoms with Crippen molar-refractivity contribution in [1.82, 2.24) is 15.3 Å². The average Bonchev–Trinajstić information content (AvgIpc) is 2.67. The molecule has 7 heteroatoms. The first-order valence-electron chi connectivity index (χ1n) is 8.95. The number of amides is 2. The third-order valence-corrected chi connectivity index (χ3v) is 4.28. The predicted molar refractivity (Wildman–Crippen MR) is 101 cm³/mol. The van der Waals surface area contributed by atoms with Crippen molar-refractivity contribution in [2.24, 2.45) is 0 Å². The minimum absolute atomic E-state index is 0.260. The largest absolute Gasteiger partial charge is 0.378 e. The summed E-state index contributed by atoms with van der Waals surface area (Å²) < 4.78 is 5.39. The van der Waals surface area contributed by atoms with Crippen LogP contribution in [0.3, 0.4) is 0 Å². The van der Waals surface area contributed by atoms with Gasteiger partial charge in [0.05, 0.1) is 19.8 Å². The molecule has 0 spiro atoms. The van der Waals surface area contributed by atoms with Crippen LogP contribution in [-0.2, 0) is 17.7 Å². The number of carbonyl (C=O) groups excluding carboxylic acids is 1. The molecule has 0 aliphatic carbocycles. The molecule has 1 aliphatic heterocycles. The van der Waals surface area contributed by atoms with E-state index in [-0.39, 0.29) is 12.6 Å². The summed E-state index contributed by atoms with van der Waals surface area (Å²) in [5.74, 6) is 1.49. The van der Waals surface area contributed by atoms with Crippen LogP contribution in [-0.4, -0.2) is 42.3 Å². The van der Waals surface area contributed by atoms with Gasteiger partial charge in [-0.1, -0.05) is 25.1 Å². The lowest BCUT2D eigenvalue weighted by atomic mass is 10.1. The number of aromatic nitrogens is 2. The van der Waals surface area contributed by atoms with Crippen LogP contribution in [0.15, 0.2) is 30.3 Å². The van der Waals surface area contributed by atoms with E-state index < -0.39 is 0 Å². The molecule has 2 heterocycles. The Morgan fingerprint density at radius 3 is 2.77 bits per heavy atom. The molecule has 0 atom stereocenters. The Labute approximate surface area is 153 Å². The van der Waals surface area contributed by atoms with E-state index in [1.807, 2.05) is 37.3 Å². The fraction of sp³-hybridized carbons (Fsp3) is 0.421. The van der Waals surface area contributed by atoms with E-state index in [4.69, 9.17) is 4.74 Å². The molecule has 138 valence electrons. The maximum atomic E-state index is 12.2. The van der Waals surface area contributed by atoms with Crippen LogP contribution in [0.5, 0.6) is 0 Å². The van der Waals surface area contributed by atoms with Gasteiger partial charge in [0.2, 0.25) is 0 Å².